The Labute approximate surface area is 95.6 Å². The number of ether oxygens (including phenoxy) is 1. The lowest BCUT2D eigenvalue weighted by Gasteiger charge is -2.41. The van der Waals surface area contributed by atoms with Crippen LogP contribution in [0.4, 0.5) is 3.89 Å². The summed E-state index contributed by atoms with van der Waals surface area (Å²) in [6, 6.07) is -0.207. The zero-order valence-electron chi connectivity index (χ0n) is 9.19. The van der Waals surface area contributed by atoms with Crippen LogP contribution in [0.25, 0.3) is 0 Å². The van der Waals surface area contributed by atoms with Gasteiger partial charge in [-0.1, -0.05) is 0 Å². The van der Waals surface area contributed by atoms with Crippen molar-refractivity contribution in [3.8, 4) is 0 Å². The number of hydrogen-bond acceptors (Lipinski definition) is 4. The second-order valence-corrected chi connectivity index (χ2v) is 6.39. The lowest BCUT2D eigenvalue weighted by Crippen LogP contribution is -2.50. The van der Waals surface area contributed by atoms with E-state index in [9.17, 15) is 12.3 Å². The minimum Gasteiger partial charge on any atom is -0.381 e. The predicted molar refractivity (Wildman–Crippen MR) is 58.1 cm³/mol. The van der Waals surface area contributed by atoms with Gasteiger partial charge in [-0.05, 0) is 31.6 Å². The predicted octanol–water partition coefficient (Wildman–Crippen LogP) is 0.820. The van der Waals surface area contributed by atoms with Crippen LogP contribution in [-0.4, -0.2) is 33.4 Å². The molecule has 0 bridgehead atoms. The molecule has 0 aromatic heterocycles. The molecule has 4 nitrogen and oxygen atoms in total. The van der Waals surface area contributed by atoms with Gasteiger partial charge in [-0.25, -0.2) is 0 Å². The average molecular weight is 251 g/mol. The monoisotopic (exact) mass is 251 g/mol. The molecule has 6 heteroatoms. The Morgan fingerprint density at radius 1 is 1.38 bits per heavy atom. The molecule has 0 aromatic rings. The fourth-order valence-corrected chi connectivity index (χ4v) is 3.82. The quantitative estimate of drug-likeness (QED) is 0.751. The van der Waals surface area contributed by atoms with Crippen LogP contribution in [0, 0.1) is 11.3 Å². The van der Waals surface area contributed by atoms with E-state index in [0.29, 0.717) is 32.0 Å². The summed E-state index contributed by atoms with van der Waals surface area (Å²) in [6.07, 6.45) is 3.17. The highest BCUT2D eigenvalue weighted by molar-refractivity contribution is 7.86. The molecular weight excluding hydrogens is 233 g/mol. The second-order valence-electron chi connectivity index (χ2n) is 5.02. The van der Waals surface area contributed by atoms with Gasteiger partial charge in [0.25, 0.3) is 0 Å². The molecule has 94 valence electrons. The maximum Gasteiger partial charge on any atom is 0.303 e. The largest absolute Gasteiger partial charge is 0.381 e. The Kier molecular flexibility index (Phi) is 3.25. The summed E-state index contributed by atoms with van der Waals surface area (Å²) in [6.45, 7) is 0.964. The lowest BCUT2D eigenvalue weighted by atomic mass is 9.74. The van der Waals surface area contributed by atoms with E-state index in [1.54, 1.807) is 0 Å². The standard InChI is InChI=1S/C10H18FNO3S/c11-16(13,14)7-10(3-5-15-6-4-10)9(12)8-1-2-8/h8-9H,1-7,12H2. The molecule has 1 aliphatic heterocycles. The third-order valence-corrected chi connectivity index (χ3v) is 4.71. The van der Waals surface area contributed by atoms with Crippen molar-refractivity contribution in [1.82, 2.24) is 0 Å². The highest BCUT2D eigenvalue weighted by Crippen LogP contribution is 2.45. The topological polar surface area (TPSA) is 69.4 Å². The van der Waals surface area contributed by atoms with E-state index in [1.165, 1.54) is 0 Å². The highest BCUT2D eigenvalue weighted by Gasteiger charge is 2.47. The van der Waals surface area contributed by atoms with Crippen LogP contribution in [0.2, 0.25) is 0 Å². The van der Waals surface area contributed by atoms with E-state index in [1.807, 2.05) is 0 Å². The van der Waals surface area contributed by atoms with Crippen LogP contribution in [0.5, 0.6) is 0 Å². The fourth-order valence-electron chi connectivity index (χ4n) is 2.65. The van der Waals surface area contributed by atoms with Crippen LogP contribution in [0.1, 0.15) is 25.7 Å². The molecule has 1 aliphatic carbocycles. The first-order valence-electron chi connectivity index (χ1n) is 5.69. The number of nitrogens with two attached hydrogens (primary N) is 1. The van der Waals surface area contributed by atoms with Gasteiger partial charge in [0.15, 0.2) is 0 Å². The maximum absolute atomic E-state index is 12.9. The van der Waals surface area contributed by atoms with Crippen LogP contribution >= 0.6 is 0 Å². The van der Waals surface area contributed by atoms with Gasteiger partial charge in [0.1, 0.15) is 0 Å². The molecule has 2 N–H and O–H groups in total. The normalized spacial score (nSPS) is 27.6. The molecule has 1 saturated carbocycles. The van der Waals surface area contributed by atoms with E-state index in [0.717, 1.165) is 12.8 Å². The van der Waals surface area contributed by atoms with E-state index in [4.69, 9.17) is 10.5 Å². The van der Waals surface area contributed by atoms with Gasteiger partial charge in [-0.3, -0.25) is 0 Å². The van der Waals surface area contributed by atoms with E-state index >= 15 is 0 Å². The molecule has 2 fully saturated rings. The Balaban J connectivity index is 2.16. The molecule has 1 unspecified atom stereocenters. The zero-order valence-corrected chi connectivity index (χ0v) is 10.0. The number of halogens is 1. The third kappa shape index (κ3) is 2.73. The van der Waals surface area contributed by atoms with Crippen molar-refractivity contribution in [2.75, 3.05) is 19.0 Å². The van der Waals surface area contributed by atoms with Gasteiger partial charge in [0.05, 0.1) is 5.75 Å². The summed E-state index contributed by atoms with van der Waals surface area (Å²) in [5.41, 5.74) is 5.51. The van der Waals surface area contributed by atoms with Gasteiger partial charge in [-0.2, -0.15) is 8.42 Å². The summed E-state index contributed by atoms with van der Waals surface area (Å²) in [7, 11) is -4.47. The minimum absolute atomic E-state index is 0.207. The van der Waals surface area contributed by atoms with Gasteiger partial charge in [0.2, 0.25) is 0 Å². The molecule has 1 heterocycles. The molecule has 2 aliphatic rings. The maximum atomic E-state index is 12.9. The molecule has 0 amide bonds. The van der Waals surface area contributed by atoms with Crippen molar-refractivity contribution in [3.05, 3.63) is 0 Å². The Hall–Kier alpha value is -0.200. The Bertz CT molecular complexity index is 347. The second kappa shape index (κ2) is 4.23. The zero-order chi connectivity index (χ0) is 11.8. The van der Waals surface area contributed by atoms with E-state index in [-0.39, 0.29) is 6.04 Å². The first kappa shape index (κ1) is 12.3. The SMILES string of the molecule is NC(C1CC1)C1(CS(=O)(=O)F)CCOCC1. The van der Waals surface area contributed by atoms with Crippen LogP contribution in [-0.2, 0) is 15.0 Å². The lowest BCUT2D eigenvalue weighted by molar-refractivity contribution is 0.00875. The summed E-state index contributed by atoms with van der Waals surface area (Å²) in [5.74, 6) is -0.0686. The van der Waals surface area contributed by atoms with Crippen molar-refractivity contribution in [3.63, 3.8) is 0 Å². The molecule has 1 saturated heterocycles. The Morgan fingerprint density at radius 3 is 2.38 bits per heavy atom. The highest BCUT2D eigenvalue weighted by atomic mass is 32.3. The fraction of sp³-hybridized carbons (Fsp3) is 1.00. The van der Waals surface area contributed by atoms with Gasteiger partial charge < -0.3 is 10.5 Å². The molecule has 2 rings (SSSR count). The number of rotatable bonds is 4. The molecule has 0 spiro atoms. The smallest absolute Gasteiger partial charge is 0.303 e. The molecule has 0 radical (unpaired) electrons. The Morgan fingerprint density at radius 2 is 1.94 bits per heavy atom. The van der Waals surface area contributed by atoms with Crippen molar-refractivity contribution in [1.29, 1.82) is 0 Å². The first-order chi connectivity index (χ1) is 7.43. The molecule has 0 aromatic carbocycles. The summed E-state index contributed by atoms with van der Waals surface area (Å²) in [4.78, 5) is 0. The molecular formula is C10H18FNO3S. The van der Waals surface area contributed by atoms with Crippen LogP contribution < -0.4 is 5.73 Å². The molecule has 1 atom stereocenters. The van der Waals surface area contributed by atoms with Crippen LogP contribution in [0.15, 0.2) is 0 Å². The summed E-state index contributed by atoms with van der Waals surface area (Å²) < 4.78 is 39.9. The number of hydrogen-bond donors (Lipinski definition) is 1. The van der Waals surface area contributed by atoms with E-state index < -0.39 is 21.4 Å². The van der Waals surface area contributed by atoms with Crippen LogP contribution in [0.3, 0.4) is 0 Å². The average Bonchev–Trinajstić information content (AvgIpc) is 2.98. The summed E-state index contributed by atoms with van der Waals surface area (Å²) >= 11 is 0. The third-order valence-electron chi connectivity index (χ3n) is 3.79. The first-order valence-corrected chi connectivity index (χ1v) is 7.24. The van der Waals surface area contributed by atoms with Gasteiger partial charge in [-0.15, -0.1) is 3.89 Å². The van der Waals surface area contributed by atoms with Gasteiger partial charge >= 0.3 is 10.2 Å². The van der Waals surface area contributed by atoms with E-state index in [2.05, 4.69) is 0 Å². The van der Waals surface area contributed by atoms with Crippen molar-refractivity contribution in [2.45, 2.75) is 31.7 Å². The minimum atomic E-state index is -4.47. The van der Waals surface area contributed by atoms with Crippen molar-refractivity contribution in [2.24, 2.45) is 17.1 Å². The summed E-state index contributed by atoms with van der Waals surface area (Å²) in [5, 5.41) is 0. The van der Waals surface area contributed by atoms with Crippen molar-refractivity contribution >= 4 is 10.2 Å². The van der Waals surface area contributed by atoms with Gasteiger partial charge in [0, 0.05) is 24.7 Å². The molecule has 16 heavy (non-hydrogen) atoms. The van der Waals surface area contributed by atoms with Crippen molar-refractivity contribution < 1.29 is 17.0 Å².